The molecule has 0 spiro atoms. The van der Waals surface area contributed by atoms with Crippen molar-refractivity contribution < 1.29 is 18.9 Å². The van der Waals surface area contributed by atoms with Crippen molar-refractivity contribution in [2.24, 2.45) is 0 Å². The molecule has 31 heavy (non-hydrogen) atoms. The topological polar surface area (TPSA) is 66.8 Å². The molecule has 168 valence electrons. The predicted octanol–water partition coefficient (Wildman–Crippen LogP) is 5.96. The predicted molar refractivity (Wildman–Crippen MR) is 131 cm³/mol. The van der Waals surface area contributed by atoms with Crippen LogP contribution in [0.2, 0.25) is 0 Å². The van der Waals surface area contributed by atoms with Crippen LogP contribution in [0, 0.1) is 0 Å². The van der Waals surface area contributed by atoms with Gasteiger partial charge in [0.25, 0.3) is 0 Å². The Morgan fingerprint density at radius 2 is 1.16 bits per heavy atom. The van der Waals surface area contributed by atoms with E-state index in [-0.39, 0.29) is 29.7 Å². The van der Waals surface area contributed by atoms with Crippen molar-refractivity contribution in [2.45, 2.75) is 85.2 Å². The Balaban J connectivity index is 0.00000480. The van der Waals surface area contributed by atoms with E-state index in [4.69, 9.17) is 4.52 Å². The molecule has 0 atom stereocenters. The van der Waals surface area contributed by atoms with Gasteiger partial charge in [0, 0.05) is 0 Å². The fraction of sp³-hybridized carbons (Fsp3) is 0.520. The number of hydrogen-bond acceptors (Lipinski definition) is 2. The van der Waals surface area contributed by atoms with E-state index in [1.165, 1.54) is 11.1 Å². The molecule has 2 aromatic carbocycles. The van der Waals surface area contributed by atoms with Crippen LogP contribution in [-0.2, 0) is 32.8 Å². The maximum atomic E-state index is 12.0. The van der Waals surface area contributed by atoms with Gasteiger partial charge in [-0.3, -0.25) is 4.52 Å². The molecule has 0 bridgehead atoms. The van der Waals surface area contributed by atoms with E-state index in [0.717, 1.165) is 35.1 Å². The summed E-state index contributed by atoms with van der Waals surface area (Å²) < 4.78 is 17.5. The molecule has 0 radical (unpaired) electrons. The van der Waals surface area contributed by atoms with Crippen LogP contribution in [0.1, 0.15) is 94.9 Å². The SMILES string of the molecule is CCc1ccc(C(OP(=O)(O)O)c2ccc(CC)cc2C(C)(C)C)c(C(C)(C)C)c1.[LiH]. The van der Waals surface area contributed by atoms with Crippen LogP contribution in [0.5, 0.6) is 0 Å². The van der Waals surface area contributed by atoms with Crippen LogP contribution in [0.4, 0.5) is 0 Å². The van der Waals surface area contributed by atoms with Gasteiger partial charge in [0.1, 0.15) is 6.10 Å². The second kappa shape index (κ2) is 10.4. The summed E-state index contributed by atoms with van der Waals surface area (Å²) in [6.07, 6.45) is 0.934. The summed E-state index contributed by atoms with van der Waals surface area (Å²) in [5, 5.41) is 0. The van der Waals surface area contributed by atoms with Crippen molar-refractivity contribution in [3.05, 3.63) is 69.8 Å². The van der Waals surface area contributed by atoms with Gasteiger partial charge in [-0.15, -0.1) is 0 Å². The third-order valence-corrected chi connectivity index (χ3v) is 5.96. The molecule has 0 heterocycles. The van der Waals surface area contributed by atoms with Crippen LogP contribution < -0.4 is 0 Å². The molecule has 4 nitrogen and oxygen atoms in total. The maximum absolute atomic E-state index is 12.0. The Morgan fingerprint density at radius 3 is 1.42 bits per heavy atom. The summed E-state index contributed by atoms with van der Waals surface area (Å²) in [5.41, 5.74) is 5.66. The van der Waals surface area contributed by atoms with E-state index in [1.54, 1.807) is 0 Å². The van der Waals surface area contributed by atoms with Crippen LogP contribution in [-0.4, -0.2) is 28.6 Å². The van der Waals surface area contributed by atoms with Gasteiger partial charge in [0.05, 0.1) is 0 Å². The quantitative estimate of drug-likeness (QED) is 0.430. The Morgan fingerprint density at radius 1 is 0.806 bits per heavy atom. The minimum atomic E-state index is -4.73. The third-order valence-electron chi connectivity index (χ3n) is 5.48. The fourth-order valence-electron chi connectivity index (χ4n) is 3.82. The van der Waals surface area contributed by atoms with Gasteiger partial charge in [-0.1, -0.05) is 91.8 Å². The average molecular weight is 440 g/mol. The van der Waals surface area contributed by atoms with Crippen LogP contribution in [0.3, 0.4) is 0 Å². The zero-order chi connectivity index (χ0) is 22.9. The monoisotopic (exact) mass is 440 g/mol. The number of benzene rings is 2. The van der Waals surface area contributed by atoms with Crippen LogP contribution in [0.25, 0.3) is 0 Å². The molecule has 0 aromatic heterocycles. The molecule has 0 saturated carbocycles. The van der Waals surface area contributed by atoms with Gasteiger partial charge < -0.3 is 9.79 Å². The molecule has 0 unspecified atom stereocenters. The summed E-state index contributed by atoms with van der Waals surface area (Å²) in [6, 6.07) is 12.3. The molecule has 2 rings (SSSR count). The van der Waals surface area contributed by atoms with Gasteiger partial charge in [-0.25, -0.2) is 4.57 Å². The Bertz CT molecular complexity index is 870. The van der Waals surface area contributed by atoms with Gasteiger partial charge in [0.15, 0.2) is 0 Å². The molecule has 2 aromatic rings. The zero-order valence-corrected chi connectivity index (χ0v) is 20.5. The Kier molecular flexibility index (Phi) is 9.44. The van der Waals surface area contributed by atoms with E-state index < -0.39 is 13.9 Å². The van der Waals surface area contributed by atoms with Crippen molar-refractivity contribution in [1.29, 1.82) is 0 Å². The normalized spacial score (nSPS) is 12.7. The molecule has 0 saturated heterocycles. The number of phosphoric ester groups is 1. The van der Waals surface area contributed by atoms with Crippen LogP contribution in [0.15, 0.2) is 36.4 Å². The van der Waals surface area contributed by atoms with Crippen molar-refractivity contribution in [1.82, 2.24) is 0 Å². The first-order valence-electron chi connectivity index (χ1n) is 10.7. The standard InChI is InChI=1S/C25H37O4P.Li.H/c1-9-17-11-13-19(21(15-17)24(3,4)5)23(29-30(26,27)28)20-14-12-18(10-2)16-22(20)25(6,7)8;;/h11-16,23H,9-10H2,1-8H3,(H2,26,27,28);;. The molecular formula is C25H38LiO4P. The summed E-state index contributed by atoms with van der Waals surface area (Å²) >= 11 is 0. The average Bonchev–Trinajstić information content (AvgIpc) is 2.63. The first-order valence-corrected chi connectivity index (χ1v) is 12.2. The van der Waals surface area contributed by atoms with Gasteiger partial charge >= 0.3 is 26.7 Å². The molecule has 6 heteroatoms. The second-order valence-corrected chi connectivity index (χ2v) is 11.2. The van der Waals surface area contributed by atoms with E-state index >= 15 is 0 Å². The minimum absolute atomic E-state index is 0. The number of aryl methyl sites for hydroxylation is 2. The Hall–Kier alpha value is -0.853. The molecule has 2 N–H and O–H groups in total. The summed E-state index contributed by atoms with van der Waals surface area (Å²) in [4.78, 5) is 19.6. The first-order chi connectivity index (χ1) is 13.7. The third kappa shape index (κ3) is 7.33. The number of rotatable bonds is 6. The fourth-order valence-corrected chi connectivity index (χ4v) is 4.32. The van der Waals surface area contributed by atoms with E-state index in [2.05, 4.69) is 67.5 Å². The van der Waals surface area contributed by atoms with Crippen molar-refractivity contribution in [3.8, 4) is 0 Å². The van der Waals surface area contributed by atoms with Crippen LogP contribution >= 0.6 is 7.82 Å². The van der Waals surface area contributed by atoms with E-state index in [1.807, 2.05) is 24.3 Å². The molecular weight excluding hydrogens is 402 g/mol. The molecule has 0 aliphatic rings. The first kappa shape index (κ1) is 28.2. The van der Waals surface area contributed by atoms with E-state index in [0.29, 0.717) is 0 Å². The van der Waals surface area contributed by atoms with Crippen molar-refractivity contribution in [2.75, 3.05) is 0 Å². The molecule has 0 aliphatic heterocycles. The van der Waals surface area contributed by atoms with Gasteiger partial charge in [-0.05, 0) is 57.1 Å². The van der Waals surface area contributed by atoms with Gasteiger partial charge in [0.2, 0.25) is 0 Å². The number of hydrogen-bond donors (Lipinski definition) is 2. The summed E-state index contributed by atoms with van der Waals surface area (Å²) in [5.74, 6) is 0. The summed E-state index contributed by atoms with van der Waals surface area (Å²) in [7, 11) is -4.73. The molecule has 0 amide bonds. The van der Waals surface area contributed by atoms with Crippen molar-refractivity contribution in [3.63, 3.8) is 0 Å². The zero-order valence-electron chi connectivity index (χ0n) is 19.6. The number of phosphoric acid groups is 1. The van der Waals surface area contributed by atoms with Crippen molar-refractivity contribution >= 4 is 26.7 Å². The van der Waals surface area contributed by atoms with E-state index in [9.17, 15) is 14.4 Å². The summed E-state index contributed by atoms with van der Waals surface area (Å²) in [6.45, 7) is 16.9. The molecule has 0 aliphatic carbocycles. The molecule has 0 fully saturated rings. The van der Waals surface area contributed by atoms with Gasteiger partial charge in [-0.2, -0.15) is 0 Å². The second-order valence-electron chi connectivity index (χ2n) is 10.0. The Labute approximate surface area is 200 Å².